The summed E-state index contributed by atoms with van der Waals surface area (Å²) in [5, 5.41) is 10.9. The topological polar surface area (TPSA) is 59.0 Å². The highest BCUT2D eigenvalue weighted by molar-refractivity contribution is 5.76. The second kappa shape index (κ2) is 7.53. The molecule has 2 aliphatic rings. The fraction of sp³-hybridized carbons (Fsp3) is 0.632. The number of carbonyl (C=O) groups excluding carboxylic acids is 1. The highest BCUT2D eigenvalue weighted by atomic mass is 16.5. The second-order valence-electron chi connectivity index (χ2n) is 7.15. The Balaban J connectivity index is 1.59. The number of nitrogens with zero attached hydrogens (tertiary/aromatic N) is 1. The summed E-state index contributed by atoms with van der Waals surface area (Å²) >= 11 is 0. The van der Waals surface area contributed by atoms with Crippen LogP contribution in [0.3, 0.4) is 0 Å². The van der Waals surface area contributed by atoms with E-state index in [2.05, 4.69) is 0 Å². The average Bonchev–Trinajstić information content (AvgIpc) is 2.72. The fourth-order valence-corrected chi connectivity index (χ4v) is 3.22. The predicted octanol–water partition coefficient (Wildman–Crippen LogP) is 2.15. The van der Waals surface area contributed by atoms with Crippen molar-refractivity contribution in [3.05, 3.63) is 29.8 Å². The maximum Gasteiger partial charge on any atom is 0.223 e. The van der Waals surface area contributed by atoms with Gasteiger partial charge in [0, 0.05) is 13.0 Å². The lowest BCUT2D eigenvalue weighted by molar-refractivity contribution is -0.136. The van der Waals surface area contributed by atoms with E-state index in [4.69, 9.17) is 9.47 Å². The molecule has 1 heterocycles. The van der Waals surface area contributed by atoms with Crippen molar-refractivity contribution in [3.8, 4) is 5.75 Å². The summed E-state index contributed by atoms with van der Waals surface area (Å²) in [7, 11) is 0. The van der Waals surface area contributed by atoms with Crippen molar-refractivity contribution in [3.63, 3.8) is 0 Å². The van der Waals surface area contributed by atoms with Gasteiger partial charge in [-0.25, -0.2) is 0 Å². The average molecular weight is 333 g/mol. The van der Waals surface area contributed by atoms with Gasteiger partial charge in [-0.3, -0.25) is 4.79 Å². The minimum Gasteiger partial charge on any atom is -0.490 e. The number of hydrogen-bond donors (Lipinski definition) is 1. The number of hydrogen-bond acceptors (Lipinski definition) is 4. The zero-order valence-electron chi connectivity index (χ0n) is 14.4. The monoisotopic (exact) mass is 333 g/mol. The first-order valence-electron chi connectivity index (χ1n) is 8.82. The van der Waals surface area contributed by atoms with Gasteiger partial charge in [-0.05, 0) is 37.3 Å². The van der Waals surface area contributed by atoms with Crippen LogP contribution in [0.2, 0.25) is 0 Å². The van der Waals surface area contributed by atoms with Crippen LogP contribution < -0.4 is 4.74 Å². The van der Waals surface area contributed by atoms with Gasteiger partial charge in [0.1, 0.15) is 18.0 Å². The predicted molar refractivity (Wildman–Crippen MR) is 91.0 cm³/mol. The molecular formula is C19H27NO4. The van der Waals surface area contributed by atoms with E-state index in [9.17, 15) is 9.90 Å². The molecule has 5 heteroatoms. The molecule has 24 heavy (non-hydrogen) atoms. The summed E-state index contributed by atoms with van der Waals surface area (Å²) in [6, 6.07) is 7.71. The highest BCUT2D eigenvalue weighted by Gasteiger charge is 2.36. The molecule has 3 rings (SSSR count). The van der Waals surface area contributed by atoms with Crippen LogP contribution in [0, 0.1) is 12.8 Å². The Morgan fingerprint density at radius 1 is 1.42 bits per heavy atom. The zero-order chi connectivity index (χ0) is 17.0. The van der Waals surface area contributed by atoms with Gasteiger partial charge >= 0.3 is 0 Å². The lowest BCUT2D eigenvalue weighted by Gasteiger charge is -2.32. The lowest BCUT2D eigenvalue weighted by Crippen LogP contribution is -2.50. The van der Waals surface area contributed by atoms with Gasteiger partial charge < -0.3 is 19.5 Å². The van der Waals surface area contributed by atoms with Gasteiger partial charge in [0.25, 0.3) is 0 Å². The quantitative estimate of drug-likeness (QED) is 0.897. The number of benzene rings is 1. The standard InChI is InChI=1S/C19H27NO4/c1-15-5-2-3-8-17(15)24-14-19(22)12-20(9-10-23-13-19)18(21)11-16-6-4-7-16/h2-3,5,8,16,22H,4,6-7,9-14H2,1H3/t19-/m1/s1. The molecular weight excluding hydrogens is 306 g/mol. The van der Waals surface area contributed by atoms with Crippen molar-refractivity contribution in [2.24, 2.45) is 5.92 Å². The Morgan fingerprint density at radius 3 is 2.92 bits per heavy atom. The van der Waals surface area contributed by atoms with E-state index in [1.54, 1.807) is 4.90 Å². The third-order valence-corrected chi connectivity index (χ3v) is 4.99. The van der Waals surface area contributed by atoms with Crippen molar-refractivity contribution in [1.82, 2.24) is 4.90 Å². The Morgan fingerprint density at radius 2 is 2.21 bits per heavy atom. The van der Waals surface area contributed by atoms with Crippen molar-refractivity contribution < 1.29 is 19.4 Å². The summed E-state index contributed by atoms with van der Waals surface area (Å²) in [5.41, 5.74) is -0.151. The Kier molecular flexibility index (Phi) is 5.41. The van der Waals surface area contributed by atoms with Gasteiger partial charge in [0.05, 0.1) is 19.8 Å². The summed E-state index contributed by atoms with van der Waals surface area (Å²) in [4.78, 5) is 14.2. The minimum atomic E-state index is -1.17. The number of carbonyl (C=O) groups is 1. The molecule has 1 atom stereocenters. The molecule has 1 aliphatic carbocycles. The summed E-state index contributed by atoms with van der Waals surface area (Å²) in [6.07, 6.45) is 4.12. The first-order valence-corrected chi connectivity index (χ1v) is 8.82. The van der Waals surface area contributed by atoms with Crippen molar-refractivity contribution in [1.29, 1.82) is 0 Å². The van der Waals surface area contributed by atoms with Crippen LogP contribution >= 0.6 is 0 Å². The third-order valence-electron chi connectivity index (χ3n) is 4.99. The number of aryl methyl sites for hydroxylation is 1. The Hall–Kier alpha value is -1.59. The number of β-amino-alcohol motifs (C(OH)–C–C–N with tert-alkyl or cyclic N) is 1. The van der Waals surface area contributed by atoms with E-state index in [1.165, 1.54) is 6.42 Å². The van der Waals surface area contributed by atoms with E-state index in [1.807, 2.05) is 31.2 Å². The largest absolute Gasteiger partial charge is 0.490 e. The first-order chi connectivity index (χ1) is 11.6. The fourth-order valence-electron chi connectivity index (χ4n) is 3.22. The van der Waals surface area contributed by atoms with Gasteiger partial charge in [-0.15, -0.1) is 0 Å². The number of para-hydroxylation sites is 1. The molecule has 0 spiro atoms. The molecule has 2 fully saturated rings. The molecule has 0 unspecified atom stereocenters. The van der Waals surface area contributed by atoms with Crippen LogP contribution in [0.15, 0.2) is 24.3 Å². The molecule has 1 saturated carbocycles. The summed E-state index contributed by atoms with van der Waals surface area (Å²) in [5.74, 6) is 1.40. The number of rotatable bonds is 5. The third kappa shape index (κ3) is 4.28. The summed E-state index contributed by atoms with van der Waals surface area (Å²) < 4.78 is 11.3. The van der Waals surface area contributed by atoms with Crippen LogP contribution in [-0.2, 0) is 9.53 Å². The van der Waals surface area contributed by atoms with Gasteiger partial charge in [0.2, 0.25) is 5.91 Å². The molecule has 1 aliphatic heterocycles. The molecule has 0 bridgehead atoms. The minimum absolute atomic E-state index is 0.116. The van der Waals surface area contributed by atoms with E-state index >= 15 is 0 Å². The maximum atomic E-state index is 12.5. The van der Waals surface area contributed by atoms with Gasteiger partial charge in [-0.1, -0.05) is 24.6 Å². The number of amides is 1. The molecule has 0 aromatic heterocycles. The van der Waals surface area contributed by atoms with Crippen LogP contribution in [-0.4, -0.2) is 54.4 Å². The van der Waals surface area contributed by atoms with E-state index in [-0.39, 0.29) is 25.7 Å². The first kappa shape index (κ1) is 17.2. The van der Waals surface area contributed by atoms with Crippen molar-refractivity contribution >= 4 is 5.91 Å². The number of ether oxygens (including phenoxy) is 2. The van der Waals surface area contributed by atoms with Crippen LogP contribution in [0.5, 0.6) is 5.75 Å². The number of aliphatic hydroxyl groups is 1. The van der Waals surface area contributed by atoms with E-state index in [0.29, 0.717) is 25.5 Å². The maximum absolute atomic E-state index is 12.5. The Bertz CT molecular complexity index is 572. The second-order valence-corrected chi connectivity index (χ2v) is 7.15. The molecule has 5 nitrogen and oxygen atoms in total. The normalized spacial score (nSPS) is 25.0. The molecule has 1 saturated heterocycles. The van der Waals surface area contributed by atoms with Gasteiger partial charge in [-0.2, -0.15) is 0 Å². The molecule has 1 aromatic rings. The summed E-state index contributed by atoms with van der Waals surface area (Å²) in [6.45, 7) is 3.54. The van der Waals surface area contributed by atoms with Crippen LogP contribution in [0.4, 0.5) is 0 Å². The van der Waals surface area contributed by atoms with Gasteiger partial charge in [0.15, 0.2) is 0 Å². The van der Waals surface area contributed by atoms with Crippen LogP contribution in [0.25, 0.3) is 0 Å². The van der Waals surface area contributed by atoms with Crippen molar-refractivity contribution in [2.75, 3.05) is 32.9 Å². The SMILES string of the molecule is Cc1ccccc1OC[C@]1(O)COCCN(C(=O)CC2CCC2)C1. The molecule has 1 aromatic carbocycles. The molecule has 132 valence electrons. The molecule has 1 N–H and O–H groups in total. The van der Waals surface area contributed by atoms with Crippen molar-refractivity contribution in [2.45, 2.75) is 38.2 Å². The molecule has 0 radical (unpaired) electrons. The van der Waals surface area contributed by atoms with E-state index in [0.717, 1.165) is 24.2 Å². The van der Waals surface area contributed by atoms with E-state index < -0.39 is 5.60 Å². The Labute approximate surface area is 143 Å². The lowest BCUT2D eigenvalue weighted by atomic mass is 9.82. The highest BCUT2D eigenvalue weighted by Crippen LogP contribution is 2.30. The molecule has 1 amide bonds. The smallest absolute Gasteiger partial charge is 0.223 e. The zero-order valence-corrected chi connectivity index (χ0v) is 14.4. The van der Waals surface area contributed by atoms with Crippen LogP contribution in [0.1, 0.15) is 31.2 Å².